The second-order valence-electron chi connectivity index (χ2n) is 7.22. The molecule has 0 aromatic heterocycles. The van der Waals surface area contributed by atoms with Crippen LogP contribution in [0.5, 0.6) is 0 Å². The van der Waals surface area contributed by atoms with Gasteiger partial charge in [0.05, 0.1) is 6.04 Å². The SMILES string of the molecule is CCC1COC(=O)N1C(=O)C(CC(C)=O)Cc1ccc(-c2ccccc2)cc1. The van der Waals surface area contributed by atoms with Crippen LogP contribution in [0.4, 0.5) is 4.79 Å². The first kappa shape index (κ1) is 19.8. The average molecular weight is 379 g/mol. The molecule has 0 saturated carbocycles. The van der Waals surface area contributed by atoms with Crippen LogP contribution >= 0.6 is 0 Å². The minimum atomic E-state index is -0.607. The lowest BCUT2D eigenvalue weighted by Gasteiger charge is -2.24. The van der Waals surface area contributed by atoms with Gasteiger partial charge in [0, 0.05) is 12.3 Å². The van der Waals surface area contributed by atoms with Crippen LogP contribution in [0.15, 0.2) is 54.6 Å². The minimum absolute atomic E-state index is 0.0696. The number of hydrogen-bond acceptors (Lipinski definition) is 4. The molecule has 0 radical (unpaired) electrons. The third-order valence-corrected chi connectivity index (χ3v) is 5.10. The molecule has 1 heterocycles. The van der Waals surface area contributed by atoms with E-state index in [1.54, 1.807) is 0 Å². The summed E-state index contributed by atoms with van der Waals surface area (Å²) in [6.07, 6.45) is 0.549. The molecule has 0 aliphatic carbocycles. The molecular formula is C23H25NO4. The predicted molar refractivity (Wildman–Crippen MR) is 107 cm³/mol. The number of ketones is 1. The molecule has 1 fully saturated rings. The highest BCUT2D eigenvalue weighted by Gasteiger charge is 2.40. The molecule has 5 heteroatoms. The van der Waals surface area contributed by atoms with Crippen molar-refractivity contribution >= 4 is 17.8 Å². The fourth-order valence-electron chi connectivity index (χ4n) is 3.57. The highest BCUT2D eigenvalue weighted by Crippen LogP contribution is 2.25. The molecule has 2 aromatic carbocycles. The van der Waals surface area contributed by atoms with Crippen molar-refractivity contribution < 1.29 is 19.1 Å². The number of carbonyl (C=O) groups excluding carboxylic acids is 3. The topological polar surface area (TPSA) is 63.7 Å². The smallest absolute Gasteiger partial charge is 0.416 e. The van der Waals surface area contributed by atoms with Gasteiger partial charge in [-0.05, 0) is 36.5 Å². The Bertz CT molecular complexity index is 845. The van der Waals surface area contributed by atoms with Gasteiger partial charge in [0.1, 0.15) is 12.4 Å². The van der Waals surface area contributed by atoms with Crippen LogP contribution in [0, 0.1) is 5.92 Å². The second-order valence-corrected chi connectivity index (χ2v) is 7.22. The van der Waals surface area contributed by atoms with Crippen LogP contribution in [0.3, 0.4) is 0 Å². The van der Waals surface area contributed by atoms with E-state index in [0.29, 0.717) is 12.8 Å². The molecule has 28 heavy (non-hydrogen) atoms. The van der Waals surface area contributed by atoms with Gasteiger partial charge < -0.3 is 9.53 Å². The maximum absolute atomic E-state index is 13.0. The standard InChI is InChI=1S/C23H25NO4/c1-3-21-15-28-23(27)24(21)22(26)20(13-16(2)25)14-17-9-11-19(12-10-17)18-7-5-4-6-8-18/h4-12,20-21H,3,13-15H2,1-2H3. The highest BCUT2D eigenvalue weighted by molar-refractivity contribution is 5.96. The minimum Gasteiger partial charge on any atom is -0.447 e. The lowest BCUT2D eigenvalue weighted by atomic mass is 9.92. The van der Waals surface area contributed by atoms with Crippen molar-refractivity contribution in [1.82, 2.24) is 4.90 Å². The van der Waals surface area contributed by atoms with Crippen molar-refractivity contribution in [2.45, 2.75) is 39.2 Å². The predicted octanol–water partition coefficient (Wildman–Crippen LogP) is 4.25. The quantitative estimate of drug-likeness (QED) is 0.721. The molecule has 146 valence electrons. The number of Topliss-reactive ketones (excluding diaryl/α,β-unsaturated/α-hetero) is 1. The lowest BCUT2D eigenvalue weighted by Crippen LogP contribution is -2.43. The van der Waals surface area contributed by atoms with E-state index < -0.39 is 12.0 Å². The number of amides is 2. The Morgan fingerprint density at radius 3 is 2.32 bits per heavy atom. The zero-order valence-corrected chi connectivity index (χ0v) is 16.3. The van der Waals surface area contributed by atoms with Crippen LogP contribution in [0.2, 0.25) is 0 Å². The Morgan fingerprint density at radius 1 is 1.07 bits per heavy atom. The Labute approximate surface area is 165 Å². The lowest BCUT2D eigenvalue weighted by molar-refractivity contribution is -0.136. The van der Waals surface area contributed by atoms with Gasteiger partial charge in [-0.2, -0.15) is 0 Å². The fourth-order valence-corrected chi connectivity index (χ4v) is 3.57. The van der Waals surface area contributed by atoms with Crippen LogP contribution < -0.4 is 0 Å². The first-order valence-corrected chi connectivity index (χ1v) is 9.63. The zero-order chi connectivity index (χ0) is 20.1. The van der Waals surface area contributed by atoms with E-state index in [1.165, 1.54) is 11.8 Å². The van der Waals surface area contributed by atoms with Crippen LogP contribution in [-0.4, -0.2) is 35.3 Å². The third kappa shape index (κ3) is 4.47. The Kier molecular flexibility index (Phi) is 6.24. The molecule has 5 nitrogen and oxygen atoms in total. The van der Waals surface area contributed by atoms with Crippen LogP contribution in [-0.2, 0) is 20.7 Å². The van der Waals surface area contributed by atoms with Crippen molar-refractivity contribution in [3.8, 4) is 11.1 Å². The summed E-state index contributed by atoms with van der Waals surface area (Å²) in [5, 5.41) is 0. The Morgan fingerprint density at radius 2 is 1.71 bits per heavy atom. The van der Waals surface area contributed by atoms with Gasteiger partial charge in [-0.15, -0.1) is 0 Å². The number of ether oxygens (including phenoxy) is 1. The molecular weight excluding hydrogens is 354 g/mol. The largest absolute Gasteiger partial charge is 0.447 e. The zero-order valence-electron chi connectivity index (χ0n) is 16.3. The number of imide groups is 1. The summed E-state index contributed by atoms with van der Waals surface area (Å²) < 4.78 is 5.04. The van der Waals surface area contributed by atoms with E-state index in [2.05, 4.69) is 0 Å². The van der Waals surface area contributed by atoms with Crippen molar-refractivity contribution in [3.63, 3.8) is 0 Å². The first-order valence-electron chi connectivity index (χ1n) is 9.63. The van der Waals surface area contributed by atoms with Crippen molar-refractivity contribution in [2.75, 3.05) is 6.61 Å². The number of benzene rings is 2. The van der Waals surface area contributed by atoms with E-state index >= 15 is 0 Å². The van der Waals surface area contributed by atoms with E-state index in [-0.39, 0.29) is 30.8 Å². The summed E-state index contributed by atoms with van der Waals surface area (Å²) in [4.78, 5) is 38.0. The third-order valence-electron chi connectivity index (χ3n) is 5.10. The molecule has 2 amide bonds. The molecule has 1 aliphatic rings. The molecule has 0 bridgehead atoms. The molecule has 2 aromatic rings. The highest BCUT2D eigenvalue weighted by atomic mass is 16.6. The van der Waals surface area contributed by atoms with Crippen molar-refractivity contribution in [3.05, 3.63) is 60.2 Å². The number of carbonyl (C=O) groups is 3. The van der Waals surface area contributed by atoms with Gasteiger partial charge in [-0.3, -0.25) is 4.79 Å². The van der Waals surface area contributed by atoms with Gasteiger partial charge in [-0.25, -0.2) is 9.69 Å². The Hall–Kier alpha value is -2.95. The number of hydrogen-bond donors (Lipinski definition) is 0. The molecule has 3 rings (SSSR count). The molecule has 0 N–H and O–H groups in total. The average Bonchev–Trinajstić information content (AvgIpc) is 3.08. The fraction of sp³-hybridized carbons (Fsp3) is 0.348. The monoisotopic (exact) mass is 379 g/mol. The van der Waals surface area contributed by atoms with Gasteiger partial charge >= 0.3 is 6.09 Å². The van der Waals surface area contributed by atoms with E-state index in [9.17, 15) is 14.4 Å². The summed E-state index contributed by atoms with van der Waals surface area (Å²) in [6.45, 7) is 3.60. The summed E-state index contributed by atoms with van der Waals surface area (Å²) in [5.41, 5.74) is 3.17. The first-order chi connectivity index (χ1) is 13.5. The summed E-state index contributed by atoms with van der Waals surface area (Å²) in [6, 6.07) is 17.8. The summed E-state index contributed by atoms with van der Waals surface area (Å²) >= 11 is 0. The number of nitrogens with zero attached hydrogens (tertiary/aromatic N) is 1. The summed E-state index contributed by atoms with van der Waals surface area (Å²) in [5.74, 6) is -0.962. The maximum atomic E-state index is 13.0. The molecule has 1 aliphatic heterocycles. The van der Waals surface area contributed by atoms with Gasteiger partial charge in [0.2, 0.25) is 5.91 Å². The molecule has 2 atom stereocenters. The van der Waals surface area contributed by atoms with Crippen LogP contribution in [0.25, 0.3) is 11.1 Å². The number of cyclic esters (lactones) is 1. The van der Waals surface area contributed by atoms with Crippen molar-refractivity contribution in [2.24, 2.45) is 5.92 Å². The van der Waals surface area contributed by atoms with E-state index in [4.69, 9.17) is 4.74 Å². The molecule has 2 unspecified atom stereocenters. The van der Waals surface area contributed by atoms with Gasteiger partial charge in [0.15, 0.2) is 0 Å². The van der Waals surface area contributed by atoms with Gasteiger partial charge in [-0.1, -0.05) is 61.5 Å². The molecule has 0 spiro atoms. The van der Waals surface area contributed by atoms with Crippen LogP contribution in [0.1, 0.15) is 32.3 Å². The van der Waals surface area contributed by atoms with E-state index in [1.807, 2.05) is 61.5 Å². The van der Waals surface area contributed by atoms with Crippen molar-refractivity contribution in [1.29, 1.82) is 0 Å². The Balaban J connectivity index is 1.78. The maximum Gasteiger partial charge on any atom is 0.416 e. The molecule has 1 saturated heterocycles. The van der Waals surface area contributed by atoms with Gasteiger partial charge in [0.25, 0.3) is 0 Å². The second kappa shape index (κ2) is 8.83. The normalized spacial score (nSPS) is 17.3. The van der Waals surface area contributed by atoms with E-state index in [0.717, 1.165) is 16.7 Å². The number of rotatable bonds is 7. The summed E-state index contributed by atoms with van der Waals surface area (Å²) in [7, 11) is 0.